The summed E-state index contributed by atoms with van der Waals surface area (Å²) in [7, 11) is 1.81. The van der Waals surface area contributed by atoms with Crippen LogP contribution < -0.4 is 10.8 Å². The van der Waals surface area contributed by atoms with Gasteiger partial charge in [-0.1, -0.05) is 0 Å². The largest absolute Gasteiger partial charge is 0.331 e. The lowest BCUT2D eigenvalue weighted by Crippen LogP contribution is -2.51. The molecule has 17 heavy (non-hydrogen) atoms. The Bertz CT molecular complexity index is 271. The van der Waals surface area contributed by atoms with Crippen molar-refractivity contribution in [2.24, 2.45) is 0 Å². The van der Waals surface area contributed by atoms with Gasteiger partial charge in [0, 0.05) is 19.5 Å². The summed E-state index contributed by atoms with van der Waals surface area (Å²) >= 11 is 0. The number of hydrogen-bond acceptors (Lipinski definition) is 4. The Morgan fingerprint density at radius 2 is 2.35 bits per heavy atom. The number of amides is 2. The topological polar surface area (TPSA) is 70.7 Å². The third kappa shape index (κ3) is 3.98. The molecule has 1 fully saturated rings. The Morgan fingerprint density at radius 1 is 1.59 bits per heavy atom. The van der Waals surface area contributed by atoms with Gasteiger partial charge in [0.15, 0.2) is 0 Å². The van der Waals surface area contributed by atoms with E-state index < -0.39 is 0 Å². The second kappa shape index (κ2) is 7.24. The van der Waals surface area contributed by atoms with Crippen LogP contribution in [0.25, 0.3) is 0 Å². The van der Waals surface area contributed by atoms with Crippen molar-refractivity contribution in [1.82, 2.24) is 15.7 Å². The lowest BCUT2D eigenvalue weighted by Gasteiger charge is -2.33. The maximum Gasteiger partial charge on any atom is 0.266 e. The summed E-state index contributed by atoms with van der Waals surface area (Å²) in [5, 5.41) is 2.91. The molecule has 6 nitrogen and oxygen atoms in total. The Labute approximate surface area is 102 Å². The molecule has 0 radical (unpaired) electrons. The van der Waals surface area contributed by atoms with Gasteiger partial charge in [-0.05, 0) is 26.8 Å². The van der Waals surface area contributed by atoms with E-state index in [0.717, 1.165) is 6.42 Å². The number of likely N-dealkylation sites (tertiary alicyclic amines) is 1. The number of likely N-dealkylation sites (N-methyl/N-ethyl adjacent to an activating group) is 2. The molecule has 0 aromatic carbocycles. The third-order valence-corrected chi connectivity index (χ3v) is 2.83. The van der Waals surface area contributed by atoms with Crippen molar-refractivity contribution in [3.05, 3.63) is 0 Å². The van der Waals surface area contributed by atoms with E-state index in [1.54, 1.807) is 4.90 Å². The van der Waals surface area contributed by atoms with Gasteiger partial charge in [0.05, 0.1) is 6.61 Å². The fourth-order valence-electron chi connectivity index (χ4n) is 1.93. The van der Waals surface area contributed by atoms with Crippen LogP contribution in [0.4, 0.5) is 0 Å². The molecule has 1 rings (SSSR count). The van der Waals surface area contributed by atoms with Gasteiger partial charge in [-0.2, -0.15) is 0 Å². The predicted octanol–water partition coefficient (Wildman–Crippen LogP) is -0.345. The van der Waals surface area contributed by atoms with Crippen LogP contribution in [-0.4, -0.2) is 49.5 Å². The average Bonchev–Trinajstić information content (AvgIpc) is 2.34. The van der Waals surface area contributed by atoms with Crippen LogP contribution in [-0.2, 0) is 14.4 Å². The summed E-state index contributed by atoms with van der Waals surface area (Å²) in [5.74, 6) is -0.176. The Kier molecular flexibility index (Phi) is 5.93. The SMILES string of the molecule is CCN1C(=O)CCC[C@H]1C(=O)NOCCNC. The number of hydrogen-bond donors (Lipinski definition) is 2. The molecule has 0 aromatic rings. The summed E-state index contributed by atoms with van der Waals surface area (Å²) in [6.45, 7) is 3.52. The van der Waals surface area contributed by atoms with E-state index in [2.05, 4.69) is 10.8 Å². The number of hydroxylamine groups is 1. The first kappa shape index (κ1) is 13.9. The zero-order valence-electron chi connectivity index (χ0n) is 10.5. The first-order valence-corrected chi connectivity index (χ1v) is 6.06. The average molecular weight is 243 g/mol. The second-order valence-corrected chi connectivity index (χ2v) is 4.01. The van der Waals surface area contributed by atoms with Crippen LogP contribution in [0.15, 0.2) is 0 Å². The normalized spacial score (nSPS) is 20.5. The molecule has 2 N–H and O–H groups in total. The van der Waals surface area contributed by atoms with Gasteiger partial charge < -0.3 is 10.2 Å². The van der Waals surface area contributed by atoms with Crippen LogP contribution in [0.2, 0.25) is 0 Å². The molecule has 1 saturated heterocycles. The number of nitrogens with zero attached hydrogens (tertiary/aromatic N) is 1. The number of piperidine rings is 1. The number of carbonyl (C=O) groups is 2. The molecular weight excluding hydrogens is 222 g/mol. The van der Waals surface area contributed by atoms with Gasteiger partial charge in [-0.3, -0.25) is 14.4 Å². The van der Waals surface area contributed by atoms with Crippen LogP contribution in [0.1, 0.15) is 26.2 Å². The highest BCUT2D eigenvalue weighted by Crippen LogP contribution is 2.17. The highest BCUT2D eigenvalue weighted by atomic mass is 16.7. The molecule has 0 aromatic heterocycles. The second-order valence-electron chi connectivity index (χ2n) is 4.01. The predicted molar refractivity (Wildman–Crippen MR) is 63.0 cm³/mol. The van der Waals surface area contributed by atoms with Crippen molar-refractivity contribution in [2.45, 2.75) is 32.2 Å². The van der Waals surface area contributed by atoms with Crippen molar-refractivity contribution in [3.63, 3.8) is 0 Å². The van der Waals surface area contributed by atoms with Crippen molar-refractivity contribution in [1.29, 1.82) is 0 Å². The van der Waals surface area contributed by atoms with Crippen molar-refractivity contribution in [2.75, 3.05) is 26.7 Å². The lowest BCUT2D eigenvalue weighted by atomic mass is 10.0. The van der Waals surface area contributed by atoms with E-state index in [1.807, 2.05) is 14.0 Å². The molecule has 1 aliphatic rings. The van der Waals surface area contributed by atoms with Gasteiger partial charge in [0.25, 0.3) is 5.91 Å². The van der Waals surface area contributed by atoms with E-state index in [-0.39, 0.29) is 17.9 Å². The maximum absolute atomic E-state index is 11.8. The molecule has 98 valence electrons. The highest BCUT2D eigenvalue weighted by Gasteiger charge is 2.32. The third-order valence-electron chi connectivity index (χ3n) is 2.83. The molecule has 0 bridgehead atoms. The fourth-order valence-corrected chi connectivity index (χ4v) is 1.93. The van der Waals surface area contributed by atoms with Gasteiger partial charge in [-0.25, -0.2) is 5.48 Å². The summed E-state index contributed by atoms with van der Waals surface area (Å²) in [6, 6.07) is -0.379. The number of nitrogens with one attached hydrogen (secondary N) is 2. The van der Waals surface area contributed by atoms with Gasteiger partial charge in [0.2, 0.25) is 5.91 Å². The zero-order chi connectivity index (χ0) is 12.7. The minimum Gasteiger partial charge on any atom is -0.331 e. The van der Waals surface area contributed by atoms with E-state index >= 15 is 0 Å². The van der Waals surface area contributed by atoms with Crippen molar-refractivity contribution in [3.8, 4) is 0 Å². The molecule has 0 saturated carbocycles. The summed E-state index contributed by atoms with van der Waals surface area (Å²) in [4.78, 5) is 30.1. The molecule has 0 unspecified atom stereocenters. The quantitative estimate of drug-likeness (QED) is 0.494. The molecular formula is C11H21N3O3. The molecule has 1 heterocycles. The Morgan fingerprint density at radius 3 is 3.00 bits per heavy atom. The molecule has 6 heteroatoms. The van der Waals surface area contributed by atoms with Crippen molar-refractivity contribution < 1.29 is 14.4 Å². The zero-order valence-corrected chi connectivity index (χ0v) is 10.5. The monoisotopic (exact) mass is 243 g/mol. The van der Waals surface area contributed by atoms with Crippen LogP contribution in [0.5, 0.6) is 0 Å². The van der Waals surface area contributed by atoms with E-state index in [4.69, 9.17) is 4.84 Å². The van der Waals surface area contributed by atoms with E-state index in [0.29, 0.717) is 32.5 Å². The van der Waals surface area contributed by atoms with Crippen molar-refractivity contribution >= 4 is 11.8 Å². The number of carbonyl (C=O) groups excluding carboxylic acids is 2. The molecule has 2 amide bonds. The Balaban J connectivity index is 2.40. The molecule has 1 aliphatic heterocycles. The van der Waals surface area contributed by atoms with Crippen LogP contribution in [0.3, 0.4) is 0 Å². The summed E-state index contributed by atoms with van der Waals surface area (Å²) in [6.07, 6.45) is 2.02. The first-order valence-electron chi connectivity index (χ1n) is 6.06. The summed E-state index contributed by atoms with van der Waals surface area (Å²) < 4.78 is 0. The lowest BCUT2D eigenvalue weighted by molar-refractivity contribution is -0.149. The number of rotatable bonds is 6. The van der Waals surface area contributed by atoms with Gasteiger partial charge >= 0.3 is 0 Å². The minimum atomic E-state index is -0.379. The van der Waals surface area contributed by atoms with Gasteiger partial charge in [0.1, 0.15) is 6.04 Å². The smallest absolute Gasteiger partial charge is 0.266 e. The van der Waals surface area contributed by atoms with E-state index in [9.17, 15) is 9.59 Å². The van der Waals surface area contributed by atoms with E-state index in [1.165, 1.54) is 0 Å². The molecule has 1 atom stereocenters. The van der Waals surface area contributed by atoms with Crippen LogP contribution >= 0.6 is 0 Å². The summed E-state index contributed by atoms with van der Waals surface area (Å²) in [5.41, 5.74) is 2.40. The Hall–Kier alpha value is -1.14. The van der Waals surface area contributed by atoms with Crippen LogP contribution in [0, 0.1) is 0 Å². The fraction of sp³-hybridized carbons (Fsp3) is 0.818. The maximum atomic E-state index is 11.8. The highest BCUT2D eigenvalue weighted by molar-refractivity contribution is 5.88. The van der Waals surface area contributed by atoms with Gasteiger partial charge in [-0.15, -0.1) is 0 Å². The molecule has 0 spiro atoms. The molecule has 0 aliphatic carbocycles. The first-order chi connectivity index (χ1) is 8.20. The standard InChI is InChI=1S/C11H21N3O3/c1-3-14-9(5-4-6-10(14)15)11(16)13-17-8-7-12-2/h9,12H,3-8H2,1-2H3,(H,13,16)/t9-/m0/s1. The minimum absolute atomic E-state index is 0.0501.